The van der Waals surface area contributed by atoms with Crippen LogP contribution in [0.2, 0.25) is 0 Å². The summed E-state index contributed by atoms with van der Waals surface area (Å²) in [7, 11) is 0. The molecule has 0 aliphatic rings. The first-order valence-electron chi connectivity index (χ1n) is 10.1. The number of aliphatic carboxylic acids is 2. The van der Waals surface area contributed by atoms with Crippen molar-refractivity contribution in [2.24, 2.45) is 17.4 Å². The molecule has 0 saturated heterocycles. The third-order valence-corrected chi connectivity index (χ3v) is 4.46. The molecule has 32 heavy (non-hydrogen) atoms. The van der Waals surface area contributed by atoms with Crippen molar-refractivity contribution < 1.29 is 29.4 Å². The molecule has 3 atom stereocenters. The van der Waals surface area contributed by atoms with Crippen LogP contribution in [0, 0.1) is 16.7 Å². The van der Waals surface area contributed by atoms with Crippen molar-refractivity contribution in [3.63, 3.8) is 0 Å². The number of carbonyl (C=O) groups excluding carboxylic acids is 2. The highest BCUT2D eigenvalue weighted by atomic mass is 16.4. The highest BCUT2D eigenvalue weighted by Crippen LogP contribution is 2.08. The number of amides is 2. The van der Waals surface area contributed by atoms with Crippen molar-refractivity contribution in [1.82, 2.24) is 21.3 Å². The van der Waals surface area contributed by atoms with Crippen molar-refractivity contribution in [2.75, 3.05) is 13.1 Å². The Morgan fingerprint density at radius 1 is 0.812 bits per heavy atom. The van der Waals surface area contributed by atoms with Gasteiger partial charge in [0, 0.05) is 25.4 Å². The van der Waals surface area contributed by atoms with E-state index in [9.17, 15) is 24.3 Å². The van der Waals surface area contributed by atoms with E-state index in [1.54, 1.807) is 6.92 Å². The maximum Gasteiger partial charge on any atom is 0.326 e. The van der Waals surface area contributed by atoms with Crippen LogP contribution in [-0.2, 0) is 19.2 Å². The lowest BCUT2D eigenvalue weighted by molar-refractivity contribution is -0.143. The van der Waals surface area contributed by atoms with Crippen LogP contribution in [0.25, 0.3) is 0 Å². The monoisotopic (exact) mass is 458 g/mol. The molecule has 12 N–H and O–H groups in total. The Kier molecular flexibility index (Phi) is 13.5. The average molecular weight is 459 g/mol. The van der Waals surface area contributed by atoms with Crippen molar-refractivity contribution >= 4 is 35.7 Å². The van der Waals surface area contributed by atoms with Gasteiger partial charge in [0.2, 0.25) is 11.8 Å². The van der Waals surface area contributed by atoms with E-state index in [2.05, 4.69) is 21.3 Å². The molecule has 182 valence electrons. The molecule has 0 aromatic carbocycles. The Bertz CT molecular complexity index is 686. The maximum absolute atomic E-state index is 12.6. The summed E-state index contributed by atoms with van der Waals surface area (Å²) in [4.78, 5) is 47.4. The zero-order valence-electron chi connectivity index (χ0n) is 18.1. The minimum Gasteiger partial charge on any atom is -0.481 e. The Balaban J connectivity index is 4.93. The summed E-state index contributed by atoms with van der Waals surface area (Å²) in [6, 6.07) is -2.47. The smallest absolute Gasteiger partial charge is 0.326 e. The summed E-state index contributed by atoms with van der Waals surface area (Å²) in [5.74, 6) is -4.66. The highest BCUT2D eigenvalue weighted by Gasteiger charge is 2.28. The largest absolute Gasteiger partial charge is 0.481 e. The van der Waals surface area contributed by atoms with Crippen LogP contribution in [0.4, 0.5) is 0 Å². The van der Waals surface area contributed by atoms with Gasteiger partial charge in [0.25, 0.3) is 0 Å². The van der Waals surface area contributed by atoms with Gasteiger partial charge in [0.15, 0.2) is 11.9 Å². The second-order valence-electron chi connectivity index (χ2n) is 7.26. The van der Waals surface area contributed by atoms with Crippen molar-refractivity contribution in [3.05, 3.63) is 0 Å². The standard InChI is InChI=1S/C18H34N8O6/c1-10(4-2-8-23-17(19)20)14(29)25-11(6-7-13(27)28)15(30)26-12(16(31)32)5-3-9-24-18(21)22/h10-12H,2-9H2,1H3,(H,25,29)(H,26,30)(H,27,28)(H,31,32)(H4,19,20,23)(H4,21,22,24). The zero-order chi connectivity index (χ0) is 24.7. The van der Waals surface area contributed by atoms with Crippen molar-refractivity contribution in [3.8, 4) is 0 Å². The van der Waals surface area contributed by atoms with Crippen LogP contribution in [0.3, 0.4) is 0 Å². The number of carboxylic acids is 2. The quantitative estimate of drug-likeness (QED) is 0.0695. The number of nitrogens with two attached hydrogens (primary N) is 2. The highest BCUT2D eigenvalue weighted by molar-refractivity contribution is 5.91. The lowest BCUT2D eigenvalue weighted by atomic mass is 10.0. The summed E-state index contributed by atoms with van der Waals surface area (Å²) in [6.45, 7) is 2.27. The van der Waals surface area contributed by atoms with E-state index in [4.69, 9.17) is 27.4 Å². The minimum absolute atomic E-state index is 0.0422. The molecule has 0 fully saturated rings. The van der Waals surface area contributed by atoms with E-state index < -0.39 is 48.2 Å². The van der Waals surface area contributed by atoms with Gasteiger partial charge < -0.3 is 42.9 Å². The molecule has 14 nitrogen and oxygen atoms in total. The van der Waals surface area contributed by atoms with Gasteiger partial charge in [-0.15, -0.1) is 0 Å². The molecule has 0 aromatic rings. The predicted octanol–water partition coefficient (Wildman–Crippen LogP) is -1.93. The Morgan fingerprint density at radius 3 is 1.78 bits per heavy atom. The van der Waals surface area contributed by atoms with Crippen molar-refractivity contribution in [1.29, 1.82) is 10.8 Å². The molecule has 3 unspecified atom stereocenters. The van der Waals surface area contributed by atoms with Crippen LogP contribution in [0.5, 0.6) is 0 Å². The van der Waals surface area contributed by atoms with Crippen LogP contribution in [-0.4, -0.2) is 71.1 Å². The number of carboxylic acid groups (broad SMARTS) is 2. The normalized spacial score (nSPS) is 13.2. The molecule has 0 aliphatic heterocycles. The second-order valence-corrected chi connectivity index (χ2v) is 7.26. The first kappa shape index (κ1) is 28.4. The Morgan fingerprint density at radius 2 is 1.31 bits per heavy atom. The van der Waals surface area contributed by atoms with Crippen LogP contribution in [0.1, 0.15) is 45.4 Å². The summed E-state index contributed by atoms with van der Waals surface area (Å²) in [6.07, 6.45) is 0.712. The van der Waals surface area contributed by atoms with Gasteiger partial charge in [-0.3, -0.25) is 25.2 Å². The SMILES string of the molecule is CC(CCCNC(=N)N)C(=O)NC(CCC(=O)O)C(=O)NC(CCCNC(=N)N)C(=O)O. The number of guanidine groups is 2. The van der Waals surface area contributed by atoms with Crippen molar-refractivity contribution in [2.45, 2.75) is 57.5 Å². The van der Waals surface area contributed by atoms with Gasteiger partial charge in [-0.05, 0) is 32.1 Å². The van der Waals surface area contributed by atoms with E-state index in [1.807, 2.05) is 0 Å². The molecule has 14 heteroatoms. The van der Waals surface area contributed by atoms with E-state index >= 15 is 0 Å². The zero-order valence-corrected chi connectivity index (χ0v) is 18.1. The van der Waals surface area contributed by atoms with Crippen LogP contribution in [0.15, 0.2) is 0 Å². The van der Waals surface area contributed by atoms with E-state index in [0.29, 0.717) is 25.8 Å². The lowest BCUT2D eigenvalue weighted by Gasteiger charge is -2.23. The molecular weight excluding hydrogens is 424 g/mol. The summed E-state index contributed by atoms with van der Waals surface area (Å²) < 4.78 is 0. The molecule has 2 amide bonds. The molecule has 0 rings (SSSR count). The minimum atomic E-state index is -1.28. The number of hydrogen-bond acceptors (Lipinski definition) is 6. The molecule has 0 radical (unpaired) electrons. The topological polar surface area (TPSA) is 257 Å². The summed E-state index contributed by atoms with van der Waals surface area (Å²) >= 11 is 0. The van der Waals surface area contributed by atoms with Gasteiger partial charge in [0.05, 0.1) is 0 Å². The molecular formula is C18H34N8O6. The van der Waals surface area contributed by atoms with Gasteiger partial charge in [-0.25, -0.2) is 4.79 Å². The summed E-state index contributed by atoms with van der Waals surface area (Å²) in [5, 5.41) is 42.4. The Labute approximate surface area is 185 Å². The van der Waals surface area contributed by atoms with E-state index in [-0.39, 0.29) is 31.3 Å². The molecule has 0 bridgehead atoms. The molecule has 0 spiro atoms. The maximum atomic E-state index is 12.6. The Hall–Kier alpha value is -3.58. The van der Waals surface area contributed by atoms with Gasteiger partial charge in [0.1, 0.15) is 12.1 Å². The number of nitrogens with one attached hydrogen (secondary N) is 6. The summed E-state index contributed by atoms with van der Waals surface area (Å²) in [5.41, 5.74) is 10.3. The van der Waals surface area contributed by atoms with E-state index in [1.165, 1.54) is 0 Å². The average Bonchev–Trinajstić information content (AvgIpc) is 2.69. The van der Waals surface area contributed by atoms with Crippen LogP contribution >= 0.6 is 0 Å². The predicted molar refractivity (Wildman–Crippen MR) is 116 cm³/mol. The second kappa shape index (κ2) is 15.3. The van der Waals surface area contributed by atoms with E-state index in [0.717, 1.165) is 0 Å². The third kappa shape index (κ3) is 13.6. The van der Waals surface area contributed by atoms with Gasteiger partial charge in [-0.2, -0.15) is 0 Å². The third-order valence-electron chi connectivity index (χ3n) is 4.46. The number of carbonyl (C=O) groups is 4. The number of rotatable bonds is 16. The molecule has 0 aromatic heterocycles. The lowest BCUT2D eigenvalue weighted by Crippen LogP contribution is -2.52. The first-order chi connectivity index (χ1) is 14.9. The molecule has 0 aliphatic carbocycles. The fraction of sp³-hybridized carbons (Fsp3) is 0.667. The number of hydrogen-bond donors (Lipinski definition) is 10. The molecule has 0 heterocycles. The molecule has 0 saturated carbocycles. The fourth-order valence-electron chi connectivity index (χ4n) is 2.67. The van der Waals surface area contributed by atoms with Gasteiger partial charge in [-0.1, -0.05) is 6.92 Å². The van der Waals surface area contributed by atoms with Gasteiger partial charge >= 0.3 is 11.9 Å². The fourth-order valence-corrected chi connectivity index (χ4v) is 2.67. The van der Waals surface area contributed by atoms with Crippen LogP contribution < -0.4 is 32.7 Å². The first-order valence-corrected chi connectivity index (χ1v) is 10.1.